The van der Waals surface area contributed by atoms with Crippen molar-refractivity contribution in [1.82, 2.24) is 0 Å². The molecule has 0 aliphatic rings. The highest BCUT2D eigenvalue weighted by molar-refractivity contribution is 8.13. The van der Waals surface area contributed by atoms with Gasteiger partial charge in [0, 0.05) is 5.75 Å². The summed E-state index contributed by atoms with van der Waals surface area (Å²) in [6.07, 6.45) is 1.62. The summed E-state index contributed by atoms with van der Waals surface area (Å²) in [6, 6.07) is 0. The van der Waals surface area contributed by atoms with E-state index in [2.05, 4.69) is 6.58 Å². The normalized spacial score (nSPS) is 8.62. The van der Waals surface area contributed by atoms with E-state index in [0.29, 0.717) is 5.75 Å². The summed E-state index contributed by atoms with van der Waals surface area (Å²) in [6.45, 7) is 3.04. The van der Waals surface area contributed by atoms with E-state index in [1.54, 1.807) is 6.08 Å². The van der Waals surface area contributed by atoms with E-state index in [0.717, 1.165) is 11.8 Å². The molecule has 2 nitrogen and oxygen atoms in total. The Morgan fingerprint density at radius 3 is 2.88 bits per heavy atom. The van der Waals surface area contributed by atoms with Gasteiger partial charge in [-0.1, -0.05) is 17.8 Å². The van der Waals surface area contributed by atoms with Crippen molar-refractivity contribution in [1.29, 1.82) is 0 Å². The number of aliphatic hydroxyl groups is 1. The Hall–Kier alpha value is -0.280. The van der Waals surface area contributed by atoms with Crippen LogP contribution < -0.4 is 0 Å². The second-order valence-electron chi connectivity index (χ2n) is 1.13. The lowest BCUT2D eigenvalue weighted by Gasteiger charge is -1.88. The summed E-state index contributed by atoms with van der Waals surface area (Å²) >= 11 is 1.07. The molecule has 8 heavy (non-hydrogen) atoms. The van der Waals surface area contributed by atoms with Crippen molar-refractivity contribution in [2.45, 2.75) is 0 Å². The number of aliphatic hydroxyl groups excluding tert-OH is 1. The molecule has 0 rings (SSSR count). The molecule has 0 heterocycles. The van der Waals surface area contributed by atoms with Crippen LogP contribution in [-0.4, -0.2) is 22.6 Å². The zero-order valence-electron chi connectivity index (χ0n) is 4.46. The van der Waals surface area contributed by atoms with Gasteiger partial charge in [-0.2, -0.15) is 0 Å². The Bertz CT molecular complexity index is 90.4. The zero-order valence-corrected chi connectivity index (χ0v) is 5.28. The number of hydrogen-bond acceptors (Lipinski definition) is 3. The molecule has 0 bridgehead atoms. The molecule has 0 fully saturated rings. The van der Waals surface area contributed by atoms with Crippen LogP contribution in [0.2, 0.25) is 0 Å². The minimum Gasteiger partial charge on any atom is -0.388 e. The van der Waals surface area contributed by atoms with E-state index in [4.69, 9.17) is 5.11 Å². The van der Waals surface area contributed by atoms with Crippen LogP contribution in [0.15, 0.2) is 12.7 Å². The highest BCUT2D eigenvalue weighted by Crippen LogP contribution is 1.99. The van der Waals surface area contributed by atoms with Gasteiger partial charge in [0.15, 0.2) is 0 Å². The molecule has 3 heteroatoms. The standard InChI is InChI=1S/C5H8O2S/c1-2-3-8-5(7)4-6/h2,6H,1,3-4H2. The Morgan fingerprint density at radius 1 is 1.88 bits per heavy atom. The first-order valence-corrected chi connectivity index (χ1v) is 3.17. The van der Waals surface area contributed by atoms with Crippen molar-refractivity contribution in [3.05, 3.63) is 12.7 Å². The topological polar surface area (TPSA) is 37.3 Å². The van der Waals surface area contributed by atoms with E-state index < -0.39 is 0 Å². The number of rotatable bonds is 3. The molecular formula is C5H8O2S. The third-order valence-corrected chi connectivity index (χ3v) is 1.34. The van der Waals surface area contributed by atoms with Crippen LogP contribution in [0.3, 0.4) is 0 Å². The molecule has 1 N–H and O–H groups in total. The molecule has 0 aromatic heterocycles. The number of carbonyl (C=O) groups is 1. The van der Waals surface area contributed by atoms with Gasteiger partial charge >= 0.3 is 0 Å². The maximum absolute atomic E-state index is 10.2. The number of hydrogen-bond donors (Lipinski definition) is 1. The van der Waals surface area contributed by atoms with Gasteiger partial charge in [0.2, 0.25) is 5.12 Å². The van der Waals surface area contributed by atoms with Crippen molar-refractivity contribution >= 4 is 16.9 Å². The van der Waals surface area contributed by atoms with Crippen LogP contribution in [0, 0.1) is 0 Å². The van der Waals surface area contributed by atoms with Gasteiger partial charge in [-0.3, -0.25) is 4.79 Å². The maximum atomic E-state index is 10.2. The molecule has 0 radical (unpaired) electrons. The van der Waals surface area contributed by atoms with E-state index in [9.17, 15) is 4.79 Å². The highest BCUT2D eigenvalue weighted by Gasteiger charge is 1.94. The van der Waals surface area contributed by atoms with Crippen LogP contribution in [-0.2, 0) is 4.79 Å². The average Bonchev–Trinajstić information content (AvgIpc) is 1.83. The average molecular weight is 132 g/mol. The largest absolute Gasteiger partial charge is 0.388 e. The van der Waals surface area contributed by atoms with Gasteiger partial charge in [0.05, 0.1) is 0 Å². The summed E-state index contributed by atoms with van der Waals surface area (Å²) in [5.74, 6) is 0.583. The molecule has 0 aromatic rings. The summed E-state index contributed by atoms with van der Waals surface area (Å²) in [5, 5.41) is 7.95. The Balaban J connectivity index is 3.11. The smallest absolute Gasteiger partial charge is 0.214 e. The summed E-state index contributed by atoms with van der Waals surface area (Å²) < 4.78 is 0. The second-order valence-corrected chi connectivity index (χ2v) is 2.21. The van der Waals surface area contributed by atoms with Gasteiger partial charge in [0.1, 0.15) is 6.61 Å². The monoisotopic (exact) mass is 132 g/mol. The van der Waals surface area contributed by atoms with Crippen molar-refractivity contribution in [2.24, 2.45) is 0 Å². The number of thioether (sulfide) groups is 1. The lowest BCUT2D eigenvalue weighted by Crippen LogP contribution is -1.97. The van der Waals surface area contributed by atoms with Gasteiger partial charge in [0.25, 0.3) is 0 Å². The lowest BCUT2D eigenvalue weighted by atomic mass is 10.8. The highest BCUT2D eigenvalue weighted by atomic mass is 32.2. The second kappa shape index (κ2) is 4.87. The minimum atomic E-state index is -0.376. The van der Waals surface area contributed by atoms with Crippen LogP contribution in [0.4, 0.5) is 0 Å². The van der Waals surface area contributed by atoms with Crippen molar-refractivity contribution < 1.29 is 9.90 Å². The molecule has 0 aromatic carbocycles. The summed E-state index contributed by atoms with van der Waals surface area (Å²) in [7, 11) is 0. The minimum absolute atomic E-state index is 0.204. The quantitative estimate of drug-likeness (QED) is 0.566. The van der Waals surface area contributed by atoms with Crippen LogP contribution in [0.25, 0.3) is 0 Å². The van der Waals surface area contributed by atoms with E-state index in [1.807, 2.05) is 0 Å². The Labute approximate surface area is 52.6 Å². The van der Waals surface area contributed by atoms with E-state index >= 15 is 0 Å². The fourth-order valence-electron chi connectivity index (χ4n) is 0.198. The van der Waals surface area contributed by atoms with Crippen molar-refractivity contribution in [3.8, 4) is 0 Å². The van der Waals surface area contributed by atoms with Gasteiger partial charge in [-0.05, 0) is 0 Å². The summed E-state index contributed by atoms with van der Waals surface area (Å²) in [5.41, 5.74) is 0. The molecule has 0 spiro atoms. The first-order valence-electron chi connectivity index (χ1n) is 2.18. The fraction of sp³-hybridized carbons (Fsp3) is 0.400. The maximum Gasteiger partial charge on any atom is 0.214 e. The van der Waals surface area contributed by atoms with Gasteiger partial charge in [-0.25, -0.2) is 0 Å². The molecule has 0 unspecified atom stereocenters. The van der Waals surface area contributed by atoms with Crippen LogP contribution in [0.5, 0.6) is 0 Å². The predicted octanol–water partition coefficient (Wildman–Crippen LogP) is 0.425. The zero-order chi connectivity index (χ0) is 6.41. The fourth-order valence-corrected chi connectivity index (χ4v) is 0.593. The lowest BCUT2D eigenvalue weighted by molar-refractivity contribution is -0.113. The molecule has 0 atom stereocenters. The summed E-state index contributed by atoms with van der Waals surface area (Å²) in [4.78, 5) is 10.2. The molecule has 46 valence electrons. The third-order valence-electron chi connectivity index (χ3n) is 0.491. The predicted molar refractivity (Wildman–Crippen MR) is 34.7 cm³/mol. The van der Waals surface area contributed by atoms with Crippen LogP contribution >= 0.6 is 11.8 Å². The molecule has 0 amide bonds. The first kappa shape index (κ1) is 7.72. The third kappa shape index (κ3) is 3.89. The van der Waals surface area contributed by atoms with E-state index in [1.165, 1.54) is 0 Å². The van der Waals surface area contributed by atoms with Gasteiger partial charge in [-0.15, -0.1) is 6.58 Å². The van der Waals surface area contributed by atoms with Crippen molar-refractivity contribution in [3.63, 3.8) is 0 Å². The Morgan fingerprint density at radius 2 is 2.50 bits per heavy atom. The SMILES string of the molecule is C=CCSC(=O)CO. The van der Waals surface area contributed by atoms with E-state index in [-0.39, 0.29) is 11.7 Å². The first-order chi connectivity index (χ1) is 3.81. The molecule has 0 aliphatic heterocycles. The van der Waals surface area contributed by atoms with Crippen molar-refractivity contribution in [2.75, 3.05) is 12.4 Å². The van der Waals surface area contributed by atoms with Crippen LogP contribution in [0.1, 0.15) is 0 Å². The number of carbonyl (C=O) groups excluding carboxylic acids is 1. The molecular weight excluding hydrogens is 124 g/mol. The Kier molecular flexibility index (Phi) is 4.70. The molecule has 0 saturated carbocycles. The molecule has 0 saturated heterocycles. The van der Waals surface area contributed by atoms with Gasteiger partial charge < -0.3 is 5.11 Å². The molecule has 0 aliphatic carbocycles.